The minimum atomic E-state index is -0.333. The van der Waals surface area contributed by atoms with E-state index < -0.39 is 0 Å². The van der Waals surface area contributed by atoms with Crippen LogP contribution < -0.4 is 14.8 Å². The molecule has 1 aliphatic rings. The molecule has 1 fully saturated rings. The maximum Gasteiger partial charge on any atom is 0.262 e. The lowest BCUT2D eigenvalue weighted by atomic mass is 9.86. The predicted octanol–water partition coefficient (Wildman–Crippen LogP) is 5.64. The molecule has 0 unspecified atom stereocenters. The number of benzene rings is 2. The molecule has 0 radical (unpaired) electrons. The maximum absolute atomic E-state index is 12.7. The van der Waals surface area contributed by atoms with Crippen molar-refractivity contribution in [3.8, 4) is 17.6 Å². The lowest BCUT2D eigenvalue weighted by molar-refractivity contribution is -0.118. The summed E-state index contributed by atoms with van der Waals surface area (Å²) in [6.45, 7) is 2.55. The van der Waals surface area contributed by atoms with Crippen molar-refractivity contribution < 1.29 is 14.3 Å². The molecule has 0 aliphatic heterocycles. The SMILES string of the molecule is COc1cc(/C=C(\C#N)C(=O)N[C@@H]2CCCC[C@H]2C)cc(Br)c1OCc1ccccc1. The predicted molar refractivity (Wildman–Crippen MR) is 125 cm³/mol. The number of hydrogen-bond donors (Lipinski definition) is 1. The van der Waals surface area contributed by atoms with E-state index in [1.165, 1.54) is 6.42 Å². The molecule has 162 valence electrons. The average molecular weight is 483 g/mol. The summed E-state index contributed by atoms with van der Waals surface area (Å²) in [5.74, 6) is 1.19. The van der Waals surface area contributed by atoms with Gasteiger partial charge in [0.1, 0.15) is 18.2 Å². The normalized spacial score (nSPS) is 18.7. The Morgan fingerprint density at radius 1 is 1.26 bits per heavy atom. The molecule has 5 nitrogen and oxygen atoms in total. The summed E-state index contributed by atoms with van der Waals surface area (Å²) in [5.41, 5.74) is 1.80. The van der Waals surface area contributed by atoms with E-state index in [0.29, 0.717) is 34.1 Å². The van der Waals surface area contributed by atoms with Crippen LogP contribution in [0, 0.1) is 17.2 Å². The van der Waals surface area contributed by atoms with Gasteiger partial charge in [-0.25, -0.2) is 0 Å². The number of methoxy groups -OCH3 is 1. The smallest absolute Gasteiger partial charge is 0.262 e. The first-order chi connectivity index (χ1) is 15.0. The van der Waals surface area contributed by atoms with Gasteiger partial charge in [-0.3, -0.25) is 4.79 Å². The molecule has 2 aromatic carbocycles. The molecule has 2 atom stereocenters. The first-order valence-electron chi connectivity index (χ1n) is 10.5. The third-order valence-electron chi connectivity index (χ3n) is 5.58. The van der Waals surface area contributed by atoms with Crippen molar-refractivity contribution in [1.82, 2.24) is 5.32 Å². The average Bonchev–Trinajstić information content (AvgIpc) is 2.78. The van der Waals surface area contributed by atoms with Crippen LogP contribution in [0.25, 0.3) is 6.08 Å². The third-order valence-corrected chi connectivity index (χ3v) is 6.17. The van der Waals surface area contributed by atoms with Gasteiger partial charge >= 0.3 is 0 Å². The van der Waals surface area contributed by atoms with Crippen molar-refractivity contribution in [3.05, 3.63) is 63.6 Å². The summed E-state index contributed by atoms with van der Waals surface area (Å²) in [6, 6.07) is 15.6. The van der Waals surface area contributed by atoms with Crippen LogP contribution >= 0.6 is 15.9 Å². The first kappa shape index (κ1) is 22.9. The Balaban J connectivity index is 1.77. The van der Waals surface area contributed by atoms with E-state index in [2.05, 4.69) is 28.2 Å². The number of hydrogen-bond acceptors (Lipinski definition) is 4. The van der Waals surface area contributed by atoms with E-state index in [1.807, 2.05) is 42.5 Å². The number of nitrogens with zero attached hydrogens (tertiary/aromatic N) is 1. The molecule has 0 aromatic heterocycles. The molecule has 6 heteroatoms. The molecule has 0 spiro atoms. The Morgan fingerprint density at radius 3 is 2.68 bits per heavy atom. The van der Waals surface area contributed by atoms with Crippen LogP contribution in [0.15, 0.2) is 52.5 Å². The van der Waals surface area contributed by atoms with Gasteiger partial charge in [0.25, 0.3) is 5.91 Å². The Labute approximate surface area is 192 Å². The molecular weight excluding hydrogens is 456 g/mol. The van der Waals surface area contributed by atoms with E-state index in [0.717, 1.165) is 24.8 Å². The monoisotopic (exact) mass is 482 g/mol. The molecule has 3 rings (SSSR count). The minimum absolute atomic E-state index is 0.0738. The lowest BCUT2D eigenvalue weighted by Gasteiger charge is -2.29. The number of halogens is 1. The third kappa shape index (κ3) is 6.11. The second kappa shape index (κ2) is 11.0. The standard InChI is InChI=1S/C25H27BrN2O3/c1-17-8-6-7-11-22(17)28-25(29)20(15-27)12-19-13-21(26)24(23(14-19)30-2)31-16-18-9-4-3-5-10-18/h3-5,9-10,12-14,17,22H,6-8,11,16H2,1-2H3,(H,28,29)/b20-12+/t17-,22-/m1/s1. The Hall–Kier alpha value is -2.78. The largest absolute Gasteiger partial charge is 0.493 e. The topological polar surface area (TPSA) is 71.3 Å². The van der Waals surface area contributed by atoms with Gasteiger partial charge in [-0.05, 0) is 64.0 Å². The van der Waals surface area contributed by atoms with Crippen molar-refractivity contribution >= 4 is 27.9 Å². The molecule has 1 amide bonds. The fraction of sp³-hybridized carbons (Fsp3) is 0.360. The quantitative estimate of drug-likeness (QED) is 0.409. The molecule has 0 saturated heterocycles. The number of nitrogens with one attached hydrogen (secondary N) is 1. The van der Waals surface area contributed by atoms with Crippen molar-refractivity contribution in [2.24, 2.45) is 5.92 Å². The molecule has 1 N–H and O–H groups in total. The molecule has 31 heavy (non-hydrogen) atoms. The summed E-state index contributed by atoms with van der Waals surface area (Å²) in [5, 5.41) is 12.6. The van der Waals surface area contributed by atoms with Crippen molar-refractivity contribution in [3.63, 3.8) is 0 Å². The molecule has 0 heterocycles. The number of ether oxygens (including phenoxy) is 2. The van der Waals surface area contributed by atoms with E-state index in [-0.39, 0.29) is 17.5 Å². The highest BCUT2D eigenvalue weighted by Gasteiger charge is 2.24. The Bertz CT molecular complexity index is 982. The van der Waals surface area contributed by atoms with Crippen LogP contribution in [0.5, 0.6) is 11.5 Å². The second-order valence-electron chi connectivity index (χ2n) is 7.82. The van der Waals surface area contributed by atoms with Crippen molar-refractivity contribution in [2.45, 2.75) is 45.3 Å². The van der Waals surface area contributed by atoms with E-state index >= 15 is 0 Å². The van der Waals surface area contributed by atoms with E-state index in [4.69, 9.17) is 9.47 Å². The first-order valence-corrected chi connectivity index (χ1v) is 11.3. The van der Waals surface area contributed by atoms with E-state index in [9.17, 15) is 10.1 Å². The molecule has 1 saturated carbocycles. The van der Waals surface area contributed by atoms with Gasteiger partial charge < -0.3 is 14.8 Å². The van der Waals surface area contributed by atoms with Gasteiger partial charge in [0, 0.05) is 6.04 Å². The number of carbonyl (C=O) groups is 1. The zero-order chi connectivity index (χ0) is 22.2. The highest BCUT2D eigenvalue weighted by molar-refractivity contribution is 9.10. The van der Waals surface area contributed by atoms with Crippen LogP contribution in [0.1, 0.15) is 43.7 Å². The highest BCUT2D eigenvalue weighted by atomic mass is 79.9. The van der Waals surface area contributed by atoms with Crippen LogP contribution in [0.3, 0.4) is 0 Å². The zero-order valence-corrected chi connectivity index (χ0v) is 19.4. The van der Waals surface area contributed by atoms with Crippen LogP contribution in [0.4, 0.5) is 0 Å². The van der Waals surface area contributed by atoms with Gasteiger partial charge in [0.2, 0.25) is 0 Å². The lowest BCUT2D eigenvalue weighted by Crippen LogP contribution is -2.41. The van der Waals surface area contributed by atoms with Gasteiger partial charge in [-0.15, -0.1) is 0 Å². The number of rotatable bonds is 7. The summed E-state index contributed by atoms with van der Waals surface area (Å²) < 4.78 is 12.1. The minimum Gasteiger partial charge on any atom is -0.493 e. The summed E-state index contributed by atoms with van der Waals surface area (Å²) in [4.78, 5) is 12.7. The Morgan fingerprint density at radius 2 is 2.00 bits per heavy atom. The summed E-state index contributed by atoms with van der Waals surface area (Å²) in [6.07, 6.45) is 5.94. The highest BCUT2D eigenvalue weighted by Crippen LogP contribution is 2.37. The second-order valence-corrected chi connectivity index (χ2v) is 8.67. The fourth-order valence-electron chi connectivity index (χ4n) is 3.79. The number of nitriles is 1. The molecule has 0 bridgehead atoms. The molecular formula is C25H27BrN2O3. The van der Waals surface area contributed by atoms with Crippen LogP contribution in [-0.4, -0.2) is 19.1 Å². The van der Waals surface area contributed by atoms with Gasteiger partial charge in [-0.1, -0.05) is 50.1 Å². The fourth-order valence-corrected chi connectivity index (χ4v) is 4.36. The van der Waals surface area contributed by atoms with Crippen molar-refractivity contribution in [2.75, 3.05) is 7.11 Å². The molecule has 2 aromatic rings. The molecule has 1 aliphatic carbocycles. The van der Waals surface area contributed by atoms with Crippen molar-refractivity contribution in [1.29, 1.82) is 5.26 Å². The zero-order valence-electron chi connectivity index (χ0n) is 17.9. The number of carbonyl (C=O) groups excluding carboxylic acids is 1. The number of amides is 1. The maximum atomic E-state index is 12.7. The summed E-state index contributed by atoms with van der Waals surface area (Å²) in [7, 11) is 1.56. The van der Waals surface area contributed by atoms with Crippen LogP contribution in [-0.2, 0) is 11.4 Å². The summed E-state index contributed by atoms with van der Waals surface area (Å²) >= 11 is 3.53. The van der Waals surface area contributed by atoms with E-state index in [1.54, 1.807) is 19.3 Å². The Kier molecular flexibility index (Phi) is 8.13. The van der Waals surface area contributed by atoms with Gasteiger partial charge in [0.15, 0.2) is 11.5 Å². The van der Waals surface area contributed by atoms with Crippen LogP contribution in [0.2, 0.25) is 0 Å². The van der Waals surface area contributed by atoms with Gasteiger partial charge in [-0.2, -0.15) is 5.26 Å². The van der Waals surface area contributed by atoms with Gasteiger partial charge in [0.05, 0.1) is 11.6 Å².